The summed E-state index contributed by atoms with van der Waals surface area (Å²) in [6, 6.07) is 0. The van der Waals surface area contributed by atoms with Crippen LogP contribution in [0.1, 0.15) is 31.5 Å². The van der Waals surface area contributed by atoms with Crippen molar-refractivity contribution in [3.8, 4) is 0 Å². The average molecular weight is 180 g/mol. The predicted octanol–water partition coefficient (Wildman–Crippen LogP) is 1.78. The van der Waals surface area contributed by atoms with Gasteiger partial charge in [0.25, 0.3) is 0 Å². The fourth-order valence-corrected chi connectivity index (χ4v) is 1.25. The number of hydrogen-bond acceptors (Lipinski definition) is 4. The van der Waals surface area contributed by atoms with Gasteiger partial charge in [-0.1, -0.05) is 6.92 Å². The zero-order valence-electron chi connectivity index (χ0n) is 7.62. The summed E-state index contributed by atoms with van der Waals surface area (Å²) in [5, 5.41) is 7.84. The number of aromatic nitrogens is 2. The molecule has 13 heavy (non-hydrogen) atoms. The van der Waals surface area contributed by atoms with Gasteiger partial charge in [0.05, 0.1) is 18.4 Å². The van der Waals surface area contributed by atoms with Gasteiger partial charge in [-0.15, -0.1) is 10.2 Å². The van der Waals surface area contributed by atoms with E-state index in [4.69, 9.17) is 9.15 Å². The number of hydrogen-bond donors (Lipinski definition) is 0. The van der Waals surface area contributed by atoms with Crippen LogP contribution >= 0.6 is 0 Å². The molecule has 1 aromatic rings. The minimum atomic E-state index is 0.608. The van der Waals surface area contributed by atoms with Crippen LogP contribution < -0.4 is 0 Å². The van der Waals surface area contributed by atoms with Gasteiger partial charge in [0, 0.05) is 6.42 Å². The van der Waals surface area contributed by atoms with E-state index in [1.54, 1.807) is 6.26 Å². The second-order valence-electron chi connectivity index (χ2n) is 2.97. The van der Waals surface area contributed by atoms with E-state index < -0.39 is 0 Å². The SMILES string of the molecule is CCc1nnc(C2=COCCC2)o1. The van der Waals surface area contributed by atoms with Gasteiger partial charge < -0.3 is 9.15 Å². The Morgan fingerprint density at radius 2 is 2.38 bits per heavy atom. The zero-order valence-corrected chi connectivity index (χ0v) is 7.62. The van der Waals surface area contributed by atoms with Crippen molar-refractivity contribution < 1.29 is 9.15 Å². The molecule has 0 atom stereocenters. The molecular formula is C9H12N2O2. The summed E-state index contributed by atoms with van der Waals surface area (Å²) < 4.78 is 10.6. The van der Waals surface area contributed by atoms with Crippen molar-refractivity contribution in [1.82, 2.24) is 10.2 Å². The maximum atomic E-state index is 5.40. The second-order valence-corrected chi connectivity index (χ2v) is 2.97. The molecule has 70 valence electrons. The van der Waals surface area contributed by atoms with Crippen LogP contribution in [0.25, 0.3) is 5.57 Å². The van der Waals surface area contributed by atoms with Crippen molar-refractivity contribution in [3.05, 3.63) is 18.0 Å². The number of aryl methyl sites for hydroxylation is 1. The fraction of sp³-hybridized carbons (Fsp3) is 0.556. The van der Waals surface area contributed by atoms with Gasteiger partial charge in [0.2, 0.25) is 11.8 Å². The molecule has 0 radical (unpaired) electrons. The Morgan fingerprint density at radius 1 is 1.46 bits per heavy atom. The van der Waals surface area contributed by atoms with Crippen molar-refractivity contribution >= 4 is 5.57 Å². The van der Waals surface area contributed by atoms with Crippen molar-refractivity contribution in [2.45, 2.75) is 26.2 Å². The Kier molecular flexibility index (Phi) is 2.29. The Labute approximate surface area is 76.6 Å². The molecule has 1 aliphatic rings. The minimum Gasteiger partial charge on any atom is -0.501 e. The van der Waals surface area contributed by atoms with Crippen molar-refractivity contribution in [3.63, 3.8) is 0 Å². The first-order chi connectivity index (χ1) is 6.40. The largest absolute Gasteiger partial charge is 0.501 e. The van der Waals surface area contributed by atoms with E-state index in [0.717, 1.165) is 31.4 Å². The summed E-state index contributed by atoms with van der Waals surface area (Å²) in [4.78, 5) is 0. The molecule has 2 rings (SSSR count). The molecule has 0 saturated heterocycles. The van der Waals surface area contributed by atoms with E-state index in [-0.39, 0.29) is 0 Å². The molecule has 0 spiro atoms. The topological polar surface area (TPSA) is 48.2 Å². The number of nitrogens with zero attached hydrogens (tertiary/aromatic N) is 2. The lowest BCUT2D eigenvalue weighted by molar-refractivity contribution is 0.233. The Balaban J connectivity index is 2.19. The molecule has 4 heteroatoms. The summed E-state index contributed by atoms with van der Waals surface area (Å²) in [6.45, 7) is 2.78. The summed E-state index contributed by atoms with van der Waals surface area (Å²) >= 11 is 0. The second kappa shape index (κ2) is 3.60. The summed E-state index contributed by atoms with van der Waals surface area (Å²) in [5.41, 5.74) is 1.01. The maximum absolute atomic E-state index is 5.40. The van der Waals surface area contributed by atoms with Gasteiger partial charge in [0.15, 0.2) is 0 Å². The van der Waals surface area contributed by atoms with Crippen LogP contribution in [0.5, 0.6) is 0 Å². The van der Waals surface area contributed by atoms with E-state index in [2.05, 4.69) is 10.2 Å². The third kappa shape index (κ3) is 1.71. The third-order valence-electron chi connectivity index (χ3n) is 1.98. The summed E-state index contributed by atoms with van der Waals surface area (Å²) in [6.07, 6.45) is 4.48. The zero-order chi connectivity index (χ0) is 9.10. The van der Waals surface area contributed by atoms with Gasteiger partial charge in [-0.25, -0.2) is 0 Å². The molecular weight excluding hydrogens is 168 g/mol. The molecule has 0 bridgehead atoms. The first-order valence-electron chi connectivity index (χ1n) is 4.53. The lowest BCUT2D eigenvalue weighted by Gasteiger charge is -2.09. The lowest BCUT2D eigenvalue weighted by atomic mass is 10.1. The predicted molar refractivity (Wildman–Crippen MR) is 46.8 cm³/mol. The molecule has 0 N–H and O–H groups in total. The summed E-state index contributed by atoms with van der Waals surface area (Å²) in [7, 11) is 0. The molecule has 0 aliphatic carbocycles. The molecule has 2 heterocycles. The van der Waals surface area contributed by atoms with E-state index in [1.807, 2.05) is 6.92 Å². The fourth-order valence-electron chi connectivity index (χ4n) is 1.25. The van der Waals surface area contributed by atoms with Gasteiger partial charge >= 0.3 is 0 Å². The maximum Gasteiger partial charge on any atom is 0.246 e. The molecule has 0 unspecified atom stereocenters. The van der Waals surface area contributed by atoms with Gasteiger partial charge in [-0.05, 0) is 12.8 Å². The number of ether oxygens (including phenoxy) is 1. The van der Waals surface area contributed by atoms with E-state index >= 15 is 0 Å². The Hall–Kier alpha value is -1.32. The smallest absolute Gasteiger partial charge is 0.246 e. The molecule has 0 aromatic carbocycles. The Morgan fingerprint density at radius 3 is 3.00 bits per heavy atom. The first-order valence-corrected chi connectivity index (χ1v) is 4.53. The standard InChI is InChI=1S/C9H12N2O2/c1-2-8-10-11-9(13-8)7-4-3-5-12-6-7/h6H,2-5H2,1H3. The first kappa shape index (κ1) is 8.29. The van der Waals surface area contributed by atoms with Crippen LogP contribution in [0.15, 0.2) is 10.7 Å². The van der Waals surface area contributed by atoms with E-state index in [9.17, 15) is 0 Å². The normalized spacial score (nSPS) is 16.5. The van der Waals surface area contributed by atoms with Crippen LogP contribution in [0, 0.1) is 0 Å². The van der Waals surface area contributed by atoms with E-state index in [1.165, 1.54) is 0 Å². The van der Waals surface area contributed by atoms with Gasteiger partial charge in [-0.3, -0.25) is 0 Å². The molecule has 0 amide bonds. The number of allylic oxidation sites excluding steroid dienone is 1. The van der Waals surface area contributed by atoms with Crippen LogP contribution in [-0.4, -0.2) is 16.8 Å². The quantitative estimate of drug-likeness (QED) is 0.696. The van der Waals surface area contributed by atoms with Crippen LogP contribution in [0.4, 0.5) is 0 Å². The highest BCUT2D eigenvalue weighted by atomic mass is 16.5. The molecule has 1 aromatic heterocycles. The number of rotatable bonds is 2. The molecule has 4 nitrogen and oxygen atoms in total. The highest BCUT2D eigenvalue weighted by molar-refractivity contribution is 5.57. The van der Waals surface area contributed by atoms with Crippen LogP contribution in [-0.2, 0) is 11.2 Å². The van der Waals surface area contributed by atoms with Crippen molar-refractivity contribution in [2.75, 3.05) is 6.61 Å². The molecule has 0 fully saturated rings. The van der Waals surface area contributed by atoms with E-state index in [0.29, 0.717) is 11.8 Å². The highest BCUT2D eigenvalue weighted by Crippen LogP contribution is 2.22. The summed E-state index contributed by atoms with van der Waals surface area (Å²) in [5.74, 6) is 1.29. The molecule has 1 aliphatic heterocycles. The van der Waals surface area contributed by atoms with Crippen molar-refractivity contribution in [1.29, 1.82) is 0 Å². The lowest BCUT2D eigenvalue weighted by Crippen LogP contribution is -1.98. The van der Waals surface area contributed by atoms with Crippen LogP contribution in [0.2, 0.25) is 0 Å². The minimum absolute atomic E-state index is 0.608. The van der Waals surface area contributed by atoms with Gasteiger partial charge in [-0.2, -0.15) is 0 Å². The highest BCUT2D eigenvalue weighted by Gasteiger charge is 2.13. The Bertz CT molecular complexity index is 317. The molecule has 0 saturated carbocycles. The van der Waals surface area contributed by atoms with Crippen molar-refractivity contribution in [2.24, 2.45) is 0 Å². The third-order valence-corrected chi connectivity index (χ3v) is 1.98. The average Bonchev–Trinajstić information content (AvgIpc) is 2.67. The monoisotopic (exact) mass is 180 g/mol. The van der Waals surface area contributed by atoms with Crippen LogP contribution in [0.3, 0.4) is 0 Å². The van der Waals surface area contributed by atoms with Gasteiger partial charge in [0.1, 0.15) is 0 Å².